The van der Waals surface area contributed by atoms with Gasteiger partial charge in [0, 0.05) is 12.2 Å². The first-order chi connectivity index (χ1) is 12.8. The van der Waals surface area contributed by atoms with E-state index in [1.165, 1.54) is 0 Å². The van der Waals surface area contributed by atoms with Gasteiger partial charge in [0.15, 0.2) is 0 Å². The van der Waals surface area contributed by atoms with Gasteiger partial charge in [0.25, 0.3) is 0 Å². The lowest BCUT2D eigenvalue weighted by molar-refractivity contribution is -0.122. The fourth-order valence-corrected chi connectivity index (χ4v) is 3.32. The average Bonchev–Trinajstić information content (AvgIpc) is 2.59. The van der Waals surface area contributed by atoms with Crippen LogP contribution in [0.2, 0.25) is 0 Å². The van der Waals surface area contributed by atoms with Gasteiger partial charge in [-0.05, 0) is 70.8 Å². The van der Waals surface area contributed by atoms with Crippen molar-refractivity contribution in [2.24, 2.45) is 0 Å². The first-order valence-corrected chi connectivity index (χ1v) is 9.89. The fraction of sp³-hybridized carbons (Fsp3) is 0.619. The van der Waals surface area contributed by atoms with Gasteiger partial charge in [-0.1, -0.05) is 25.5 Å². The molecule has 2 N–H and O–H groups in total. The molecule has 0 radical (unpaired) electrons. The third kappa shape index (κ3) is 7.21. The number of alkyl carbamates (subject to hydrolysis) is 1. The molecular formula is C21H33N3O3. The second-order valence-corrected chi connectivity index (χ2v) is 8.09. The van der Waals surface area contributed by atoms with Crippen LogP contribution in [-0.2, 0) is 16.1 Å². The Labute approximate surface area is 162 Å². The Morgan fingerprint density at radius 2 is 2.04 bits per heavy atom. The topological polar surface area (TPSA) is 70.7 Å². The predicted molar refractivity (Wildman–Crippen MR) is 108 cm³/mol. The summed E-state index contributed by atoms with van der Waals surface area (Å²) in [5, 5.41) is 5.78. The van der Waals surface area contributed by atoms with Crippen molar-refractivity contribution in [3.05, 3.63) is 29.8 Å². The Kier molecular flexibility index (Phi) is 7.66. The van der Waals surface area contributed by atoms with Crippen molar-refractivity contribution >= 4 is 17.7 Å². The highest BCUT2D eigenvalue weighted by atomic mass is 16.6. The van der Waals surface area contributed by atoms with Crippen LogP contribution < -0.4 is 10.6 Å². The molecule has 6 nitrogen and oxygen atoms in total. The number of nitrogens with zero attached hydrogens (tertiary/aromatic N) is 1. The van der Waals surface area contributed by atoms with Crippen molar-refractivity contribution < 1.29 is 14.3 Å². The molecule has 0 spiro atoms. The number of rotatable bonds is 6. The van der Waals surface area contributed by atoms with Crippen LogP contribution in [0.5, 0.6) is 0 Å². The average molecular weight is 376 g/mol. The molecule has 150 valence electrons. The number of carbonyl (C=O) groups excluding carboxylic acids is 2. The van der Waals surface area contributed by atoms with Crippen molar-refractivity contribution in [2.75, 3.05) is 18.4 Å². The zero-order valence-electron chi connectivity index (χ0n) is 17.0. The van der Waals surface area contributed by atoms with Gasteiger partial charge in [0.05, 0.1) is 6.04 Å². The van der Waals surface area contributed by atoms with Gasteiger partial charge in [-0.25, -0.2) is 4.79 Å². The third-order valence-electron chi connectivity index (χ3n) is 4.46. The number of benzene rings is 1. The minimum absolute atomic E-state index is 0.0535. The molecule has 1 aliphatic heterocycles. The van der Waals surface area contributed by atoms with E-state index in [-0.39, 0.29) is 11.9 Å². The van der Waals surface area contributed by atoms with Gasteiger partial charge in [0.2, 0.25) is 5.91 Å². The molecule has 1 aliphatic rings. The number of piperidine rings is 1. The molecule has 2 amide bonds. The molecule has 1 atom stereocenters. The smallest absolute Gasteiger partial charge is 0.407 e. The number of carbonyl (C=O) groups is 2. The van der Waals surface area contributed by atoms with Crippen LogP contribution in [0.4, 0.5) is 10.5 Å². The zero-order chi connectivity index (χ0) is 19.9. The Bertz CT molecular complexity index is 638. The minimum atomic E-state index is -0.524. The summed E-state index contributed by atoms with van der Waals surface area (Å²) in [7, 11) is 0. The van der Waals surface area contributed by atoms with E-state index >= 15 is 0 Å². The fourth-order valence-electron chi connectivity index (χ4n) is 3.32. The number of nitrogens with one attached hydrogen (secondary N) is 2. The number of hydrogen-bond donors (Lipinski definition) is 2. The van der Waals surface area contributed by atoms with E-state index < -0.39 is 11.7 Å². The molecule has 6 heteroatoms. The molecule has 0 saturated carbocycles. The van der Waals surface area contributed by atoms with Crippen molar-refractivity contribution in [3.63, 3.8) is 0 Å². The number of amides is 2. The van der Waals surface area contributed by atoms with E-state index in [4.69, 9.17) is 4.74 Å². The van der Waals surface area contributed by atoms with Gasteiger partial charge >= 0.3 is 6.09 Å². The van der Waals surface area contributed by atoms with Gasteiger partial charge in [0.1, 0.15) is 5.60 Å². The van der Waals surface area contributed by atoms with Crippen LogP contribution in [0.25, 0.3) is 0 Å². The Morgan fingerprint density at radius 1 is 1.26 bits per heavy atom. The molecule has 0 bridgehead atoms. The molecule has 1 aromatic rings. The maximum atomic E-state index is 12.7. The van der Waals surface area contributed by atoms with Gasteiger partial charge in [-0.3, -0.25) is 9.69 Å². The molecule has 1 heterocycles. The maximum Gasteiger partial charge on any atom is 0.407 e. The van der Waals surface area contributed by atoms with Crippen molar-refractivity contribution in [1.82, 2.24) is 10.2 Å². The highest BCUT2D eigenvalue weighted by molar-refractivity contribution is 5.95. The molecule has 1 unspecified atom stereocenters. The summed E-state index contributed by atoms with van der Waals surface area (Å²) in [5.74, 6) is 0.0559. The number of likely N-dealkylation sites (tertiary alicyclic amines) is 1. The third-order valence-corrected chi connectivity index (χ3v) is 4.46. The van der Waals surface area contributed by atoms with Gasteiger partial charge in [-0.15, -0.1) is 0 Å². The summed E-state index contributed by atoms with van der Waals surface area (Å²) in [5.41, 5.74) is 1.14. The normalized spacial score (nSPS) is 18.0. The summed E-state index contributed by atoms with van der Waals surface area (Å²) in [4.78, 5) is 26.8. The first kappa shape index (κ1) is 21.2. The Morgan fingerprint density at radius 3 is 2.74 bits per heavy atom. The molecule has 1 aromatic carbocycles. The van der Waals surface area contributed by atoms with E-state index in [1.807, 2.05) is 45.0 Å². The van der Waals surface area contributed by atoms with Crippen LogP contribution >= 0.6 is 0 Å². The van der Waals surface area contributed by atoms with Crippen LogP contribution in [0.3, 0.4) is 0 Å². The summed E-state index contributed by atoms with van der Waals surface area (Å²) in [6, 6.07) is 7.51. The Hall–Kier alpha value is -2.08. The zero-order valence-corrected chi connectivity index (χ0v) is 17.0. The van der Waals surface area contributed by atoms with E-state index in [0.717, 1.165) is 50.0 Å². The lowest BCUT2D eigenvalue weighted by Crippen LogP contribution is -2.47. The Balaban J connectivity index is 1.92. The minimum Gasteiger partial charge on any atom is -0.444 e. The van der Waals surface area contributed by atoms with Gasteiger partial charge < -0.3 is 15.4 Å². The molecular weight excluding hydrogens is 342 g/mol. The van der Waals surface area contributed by atoms with Crippen molar-refractivity contribution in [1.29, 1.82) is 0 Å². The summed E-state index contributed by atoms with van der Waals surface area (Å²) >= 11 is 0. The van der Waals surface area contributed by atoms with E-state index in [0.29, 0.717) is 6.54 Å². The van der Waals surface area contributed by atoms with E-state index in [9.17, 15) is 9.59 Å². The molecule has 1 fully saturated rings. The quantitative estimate of drug-likeness (QED) is 0.791. The first-order valence-electron chi connectivity index (χ1n) is 9.89. The van der Waals surface area contributed by atoms with Gasteiger partial charge in [-0.2, -0.15) is 0 Å². The highest BCUT2D eigenvalue weighted by Crippen LogP contribution is 2.20. The molecule has 1 saturated heterocycles. The number of hydrogen-bond acceptors (Lipinski definition) is 4. The lowest BCUT2D eigenvalue weighted by Gasteiger charge is -2.34. The summed E-state index contributed by atoms with van der Waals surface area (Å²) < 4.78 is 5.24. The van der Waals surface area contributed by atoms with E-state index in [1.54, 1.807) is 0 Å². The number of anilines is 1. The predicted octanol–water partition coefficient (Wildman–Crippen LogP) is 3.91. The SMILES string of the molecule is CCCN1CCCCC1C(=O)Nc1cccc(CNC(=O)OC(C)(C)C)c1. The van der Waals surface area contributed by atoms with Crippen LogP contribution in [0, 0.1) is 0 Å². The van der Waals surface area contributed by atoms with Crippen LogP contribution in [-0.4, -0.2) is 41.6 Å². The number of ether oxygens (including phenoxy) is 1. The largest absolute Gasteiger partial charge is 0.444 e. The summed E-state index contributed by atoms with van der Waals surface area (Å²) in [6.45, 7) is 9.93. The van der Waals surface area contributed by atoms with Crippen molar-refractivity contribution in [3.8, 4) is 0 Å². The second kappa shape index (κ2) is 9.74. The standard InChI is InChI=1S/C21H33N3O3/c1-5-12-24-13-7-6-11-18(24)19(25)23-17-10-8-9-16(14-17)15-22-20(26)27-21(2,3)4/h8-10,14,18H,5-7,11-13,15H2,1-4H3,(H,22,26)(H,23,25). The summed E-state index contributed by atoms with van der Waals surface area (Å²) in [6.07, 6.45) is 3.77. The van der Waals surface area contributed by atoms with Crippen molar-refractivity contribution in [2.45, 2.75) is 71.6 Å². The monoisotopic (exact) mass is 375 g/mol. The van der Waals surface area contributed by atoms with Crippen LogP contribution in [0.15, 0.2) is 24.3 Å². The lowest BCUT2D eigenvalue weighted by atomic mass is 10.0. The van der Waals surface area contributed by atoms with Crippen LogP contribution in [0.1, 0.15) is 58.9 Å². The second-order valence-electron chi connectivity index (χ2n) is 8.09. The van der Waals surface area contributed by atoms with E-state index in [2.05, 4.69) is 22.5 Å². The molecule has 0 aromatic heterocycles. The molecule has 0 aliphatic carbocycles. The highest BCUT2D eigenvalue weighted by Gasteiger charge is 2.28. The maximum absolute atomic E-state index is 12.7. The molecule has 2 rings (SSSR count). The molecule has 27 heavy (non-hydrogen) atoms.